The minimum atomic E-state index is -0.748. The highest BCUT2D eigenvalue weighted by Gasteiger charge is 2.37. The Hall–Kier alpha value is -15.5. The van der Waals surface area contributed by atoms with Crippen molar-refractivity contribution >= 4 is 69.5 Å². The normalized spacial score (nSPS) is 14.6. The topological polar surface area (TPSA) is 396 Å². The highest BCUT2D eigenvalue weighted by molar-refractivity contribution is 6.34. The molecule has 38 heteroatoms. The number of anilines is 5. The van der Waals surface area contributed by atoms with Crippen molar-refractivity contribution in [3.63, 3.8) is 0 Å². The predicted octanol–water partition coefficient (Wildman–Crippen LogP) is 21.5. The molecule has 0 atom stereocenters. The van der Waals surface area contributed by atoms with E-state index in [1.165, 1.54) is 151 Å². The Kier molecular flexibility index (Phi) is 35.7. The molecule has 5 aliphatic carbocycles. The highest BCUT2D eigenvalue weighted by Crippen LogP contribution is 2.41. The molecule has 3 aliphatic heterocycles. The van der Waals surface area contributed by atoms with E-state index in [4.69, 9.17) is 42.0 Å². The van der Waals surface area contributed by atoms with Gasteiger partial charge in [-0.2, -0.15) is 0 Å². The van der Waals surface area contributed by atoms with Gasteiger partial charge in [-0.3, -0.25) is 24.4 Å². The first-order valence-electron chi connectivity index (χ1n) is 47.3. The Morgan fingerprint density at radius 1 is 0.417 bits per heavy atom. The number of rotatable bonds is 25. The summed E-state index contributed by atoms with van der Waals surface area (Å²) in [5.74, 6) is -3.03. The molecule has 0 saturated heterocycles. The second-order valence-corrected chi connectivity index (χ2v) is 35.3. The number of hydrogen-bond donors (Lipinski definition) is 7. The summed E-state index contributed by atoms with van der Waals surface area (Å²) in [6.45, 7) is 5.11. The molecule has 9 N–H and O–H groups in total. The maximum atomic E-state index is 14.8. The third kappa shape index (κ3) is 26.6. The Labute approximate surface area is 832 Å². The lowest BCUT2D eigenvalue weighted by molar-refractivity contribution is -0.389. The van der Waals surface area contributed by atoms with E-state index in [1.807, 2.05) is 68.4 Å². The van der Waals surface area contributed by atoms with Gasteiger partial charge in [-0.15, -0.1) is 0 Å². The molecule has 0 radical (unpaired) electrons. The number of methoxy groups -OCH3 is 4. The highest BCUT2D eigenvalue weighted by atomic mass is 35.5. The van der Waals surface area contributed by atoms with Gasteiger partial charge in [-0.25, -0.2) is 50.7 Å². The van der Waals surface area contributed by atoms with Gasteiger partial charge in [0.15, 0.2) is 18.2 Å². The minimum Gasteiger partial charge on any atom is -0.497 e. The minimum absolute atomic E-state index is 0.0472. The second-order valence-electron chi connectivity index (χ2n) is 34.9. The average molecular weight is 1990 g/mol. The number of hydrogen-bond acceptors (Lipinski definition) is 25. The van der Waals surface area contributed by atoms with Gasteiger partial charge in [0.25, 0.3) is 17.7 Å². The van der Waals surface area contributed by atoms with Crippen LogP contribution >= 0.6 is 11.6 Å². The Morgan fingerprint density at radius 2 is 0.778 bits per heavy atom. The molecule has 0 unspecified atom stereocenters. The van der Waals surface area contributed by atoms with Crippen LogP contribution in [0.2, 0.25) is 5.02 Å². The van der Waals surface area contributed by atoms with Crippen LogP contribution < -0.4 is 57.0 Å². The smallest absolute Gasteiger partial charge is 0.363 e. The average Bonchev–Trinajstić information content (AvgIpc) is 1.60. The molecule has 750 valence electrons. The Balaban J connectivity index is 0.000000143. The molecule has 144 heavy (non-hydrogen) atoms. The number of nitrogens with zero attached hydrogens (tertiary/aromatic N) is 12. The van der Waals surface area contributed by atoms with Crippen molar-refractivity contribution in [3.05, 3.63) is 334 Å². The van der Waals surface area contributed by atoms with Crippen molar-refractivity contribution in [2.45, 2.75) is 186 Å². The number of ether oxygens (including phenoxy) is 4. The Morgan fingerprint density at radius 3 is 1.12 bits per heavy atom. The van der Waals surface area contributed by atoms with Gasteiger partial charge < -0.3 is 87.0 Å². The van der Waals surface area contributed by atoms with E-state index in [1.54, 1.807) is 86.1 Å². The van der Waals surface area contributed by atoms with E-state index in [-0.39, 0.29) is 106 Å². The van der Waals surface area contributed by atoms with Crippen LogP contribution in [0.25, 0.3) is 33.8 Å². The molecule has 11 heterocycles. The summed E-state index contributed by atoms with van der Waals surface area (Å²) in [6.07, 6.45) is 26.9. The summed E-state index contributed by atoms with van der Waals surface area (Å²) < 4.78 is 120. The summed E-state index contributed by atoms with van der Waals surface area (Å²) in [4.78, 5) is 94.7. The lowest BCUT2D eigenvalue weighted by Gasteiger charge is -2.27. The maximum absolute atomic E-state index is 14.8. The fraction of sp³-hybridized carbons (Fsp3) is 0.311. The first kappa shape index (κ1) is 104. The van der Waals surface area contributed by atoms with Crippen LogP contribution in [0.15, 0.2) is 201 Å². The molecule has 0 spiro atoms. The number of amides is 3. The van der Waals surface area contributed by atoms with E-state index in [0.29, 0.717) is 111 Å². The molecule has 3 amide bonds. The van der Waals surface area contributed by atoms with Crippen LogP contribution in [-0.2, 0) is 45.6 Å². The van der Waals surface area contributed by atoms with Crippen molar-refractivity contribution in [3.8, 4) is 56.8 Å². The summed E-state index contributed by atoms with van der Waals surface area (Å²) in [6, 6.07) is 45.7. The number of halogens is 8. The molecule has 8 aliphatic rings. The van der Waals surface area contributed by atoms with Crippen molar-refractivity contribution in [1.82, 2.24) is 55.0 Å². The van der Waals surface area contributed by atoms with E-state index < -0.39 is 50.6 Å². The van der Waals surface area contributed by atoms with E-state index >= 15 is 0 Å². The number of aromatic nitrogens is 8. The summed E-state index contributed by atoms with van der Waals surface area (Å²) in [5, 5.41) is 36.7. The molecule has 5 fully saturated rings. The van der Waals surface area contributed by atoms with Gasteiger partial charge in [0.1, 0.15) is 63.7 Å². The largest absolute Gasteiger partial charge is 0.497 e. The third-order valence-electron chi connectivity index (χ3n) is 25.2. The fourth-order valence-electron chi connectivity index (χ4n) is 16.4. The number of pyridine rings is 8. The molecular weight excluding hydrogens is 1880 g/mol. The van der Waals surface area contributed by atoms with Gasteiger partial charge >= 0.3 is 11.6 Å². The van der Waals surface area contributed by atoms with Crippen LogP contribution in [0.3, 0.4) is 0 Å². The predicted molar refractivity (Wildman–Crippen MR) is 534 cm³/mol. The number of fused-ring (bicyclic) bond motifs is 3. The number of nitrogens with two attached hydrogens (primary N) is 2. The standard InChI is InChI=1S/C32H30F2N4O3.C23H20F2N4O.C22H17ClF2N2O3.C9H11N3O2.C9H13N3.C5H3FN2O2.C4H9N.C2H6/c1-40-24-12-9-19(29(15-24)41-2)17-38-18-28-30(32(38)39)20(14-27(37-28)31-25(33)7-4-8-26(31)34)13-22-10-11-23(16-35-22)36-21-5-3-6-21;24-17-5-2-6-18(25)22(17)19-10-13(21-20(29-19)12-27-23(21)30)9-15-7-8-16(11-26-15)28-14-3-1-4-14;1-29-13-7-6-12(19(8-13)30-2)10-27-11-18-20(22(27)28)14(23)9-17(26-18)21-15(24)4-3-5-16(21)25;13-12(14)9-5-4-8(6-10-9)11-7-2-1-3-7;10-9-5-4-8(6-11-9)12-7-2-1-3-7;6-4-1-2-5(7-3-4)8(9)10;5-4-2-1-3-4;1-2/h4,7-12,14-16,21,36H,3,5-6,13,17-18H2,1-2H3;2,5-8,10-11,14,28H,1,3-4,9,12H2,(H,27,30);3-9H,10-11H2,1-2H3;4-7,11H,1-3H2;4-7,12H,1-3H2,(H2,10,11);1-3H;4H,1-3,5H2;1-2H3. The quantitative estimate of drug-likeness (QED) is 0.0159. The number of nitro groups is 2. The number of benzene rings is 5. The first-order chi connectivity index (χ1) is 69.6. The van der Waals surface area contributed by atoms with E-state index in [0.717, 1.165) is 88.6 Å². The van der Waals surface area contributed by atoms with Crippen molar-refractivity contribution < 1.29 is 73.9 Å². The molecule has 30 nitrogen and oxygen atoms in total. The summed E-state index contributed by atoms with van der Waals surface area (Å²) >= 11 is 6.32. The van der Waals surface area contributed by atoms with Gasteiger partial charge in [-0.1, -0.05) is 50.1 Å². The van der Waals surface area contributed by atoms with Gasteiger partial charge in [-0.05, 0) is 248 Å². The van der Waals surface area contributed by atoms with Crippen molar-refractivity contribution in [2.24, 2.45) is 5.73 Å². The van der Waals surface area contributed by atoms with Crippen LogP contribution in [0.1, 0.15) is 192 Å². The number of carbonyl (C=O) groups is 3. The number of carbonyl (C=O) groups excluding carboxylic acids is 3. The SMILES string of the molecule is CC.COc1ccc(CN2Cc3nc(-c4c(F)cccc4F)cc(Cc4ccc(NC5CCC5)cn4)c3C2=O)c(OC)c1.COc1ccc(CN2Cc3nc(-c4c(F)cccc4F)cc(Cl)c3C2=O)c(OC)c1.NC1CCC1.Nc1ccc(NC2CCC2)cn1.O=C1NCc2nc(-c3c(F)cccc3F)cc(Cc3ccc(NC4CCC4)cn3)c21.O=[N+]([O-])c1ccc(F)cn1.O=[N+]([O-])c1ccc(NC2CCC2)cn1. The summed E-state index contributed by atoms with van der Waals surface area (Å²) in [7, 11) is 6.23. The zero-order valence-corrected chi connectivity index (χ0v) is 80.8. The van der Waals surface area contributed by atoms with Gasteiger partial charge in [0, 0.05) is 89.8 Å². The van der Waals surface area contributed by atoms with Crippen molar-refractivity contribution in [2.75, 3.05) is 55.4 Å². The zero-order chi connectivity index (χ0) is 102. The zero-order valence-electron chi connectivity index (χ0n) is 80.0. The number of nitrogens with one attached hydrogen (secondary N) is 5. The third-order valence-corrected chi connectivity index (χ3v) is 25.5. The van der Waals surface area contributed by atoms with Crippen molar-refractivity contribution in [1.29, 1.82) is 0 Å². The van der Waals surface area contributed by atoms with Crippen LogP contribution in [-0.4, -0.2) is 136 Å². The van der Waals surface area contributed by atoms with E-state index in [9.17, 15) is 65.3 Å². The first-order valence-corrected chi connectivity index (χ1v) is 47.7. The molecular formula is C106H109ClF7N19O11. The van der Waals surface area contributed by atoms with Crippen LogP contribution in [0.5, 0.6) is 23.0 Å². The van der Waals surface area contributed by atoms with E-state index in [2.05, 4.69) is 66.5 Å². The lowest BCUT2D eigenvalue weighted by atomic mass is 9.93. The molecule has 5 aromatic carbocycles. The molecule has 8 aromatic heterocycles. The van der Waals surface area contributed by atoms with Gasteiger partial charge in [0.05, 0.1) is 175 Å². The molecule has 0 bridgehead atoms. The summed E-state index contributed by atoms with van der Waals surface area (Å²) in [5.41, 5.74) is 21.2. The fourth-order valence-corrected chi connectivity index (χ4v) is 16.6. The maximum Gasteiger partial charge on any atom is 0.363 e. The molecule has 5 saturated carbocycles. The van der Waals surface area contributed by atoms with Crippen LogP contribution in [0.4, 0.5) is 70.9 Å². The lowest BCUT2D eigenvalue weighted by Crippen LogP contribution is -2.27. The van der Waals surface area contributed by atoms with Gasteiger partial charge in [0.2, 0.25) is 0 Å². The second kappa shape index (κ2) is 49.2. The Bertz CT molecular complexity index is 6630. The van der Waals surface area contributed by atoms with Crippen LogP contribution in [0, 0.1) is 60.9 Å². The number of nitrogen functional groups attached to an aromatic ring is 1. The molecule has 13 aromatic rings. The molecule has 21 rings (SSSR count). The monoisotopic (exact) mass is 1990 g/mol.